The van der Waals surface area contributed by atoms with E-state index in [1.807, 2.05) is 13.8 Å². The third kappa shape index (κ3) is 6.34. The van der Waals surface area contributed by atoms with E-state index in [2.05, 4.69) is 15.4 Å². The number of nitrogens with one attached hydrogen (secondary N) is 3. The van der Waals surface area contributed by atoms with Crippen molar-refractivity contribution in [2.75, 3.05) is 20.2 Å². The van der Waals surface area contributed by atoms with Crippen LogP contribution in [-0.4, -0.2) is 51.2 Å². The topological polar surface area (TPSA) is 119 Å². The van der Waals surface area contributed by atoms with E-state index >= 15 is 0 Å². The molecule has 1 aromatic rings. The van der Waals surface area contributed by atoms with E-state index in [-0.39, 0.29) is 29.8 Å². The maximum Gasteiger partial charge on any atom is 0.407 e. The summed E-state index contributed by atoms with van der Waals surface area (Å²) >= 11 is 0. The molecule has 9 nitrogen and oxygen atoms in total. The summed E-state index contributed by atoms with van der Waals surface area (Å²) in [7, 11) is -0.733. The molecule has 1 rings (SSSR count). The fourth-order valence-electron chi connectivity index (χ4n) is 2.43. The molecule has 0 bridgehead atoms. The second kappa shape index (κ2) is 9.58. The number of amides is 2. The fraction of sp³-hybridized carbons (Fsp3) is 0.625. The Hall–Kier alpha value is -2.07. The second-order valence-corrected chi connectivity index (χ2v) is 8.17. The van der Waals surface area contributed by atoms with Gasteiger partial charge in [0.05, 0.1) is 6.61 Å². The number of sulfonamides is 1. The Kier molecular flexibility index (Phi) is 8.09. The monoisotopic (exact) mass is 388 g/mol. The van der Waals surface area contributed by atoms with Crippen molar-refractivity contribution in [3.05, 3.63) is 18.0 Å². The number of aryl methyl sites for hydroxylation is 1. The van der Waals surface area contributed by atoms with Crippen LogP contribution in [0.3, 0.4) is 0 Å². The summed E-state index contributed by atoms with van der Waals surface area (Å²) in [5, 5.41) is 5.45. The quantitative estimate of drug-likeness (QED) is 0.579. The molecule has 0 aliphatic heterocycles. The van der Waals surface area contributed by atoms with Crippen LogP contribution in [-0.2, 0) is 21.8 Å². The maximum absolute atomic E-state index is 12.4. The zero-order valence-corrected chi connectivity index (χ0v) is 16.6. The first-order valence-electron chi connectivity index (χ1n) is 8.42. The van der Waals surface area contributed by atoms with E-state index in [9.17, 15) is 18.0 Å². The number of rotatable bonds is 9. The second-order valence-electron chi connectivity index (χ2n) is 6.28. The Morgan fingerprint density at radius 2 is 1.96 bits per heavy atom. The zero-order valence-electron chi connectivity index (χ0n) is 15.8. The smallest absolute Gasteiger partial charge is 0.407 e. The molecule has 10 heteroatoms. The number of nitrogens with zero attached hydrogens (tertiary/aromatic N) is 1. The van der Waals surface area contributed by atoms with Gasteiger partial charge < -0.3 is 19.9 Å². The number of alkyl carbamates (subject to hydrolysis) is 1. The summed E-state index contributed by atoms with van der Waals surface area (Å²) in [6.07, 6.45) is 1.49. The molecule has 0 radical (unpaired) electrons. The molecule has 148 valence electrons. The molecule has 1 aromatic heterocycles. The lowest BCUT2D eigenvalue weighted by molar-refractivity contribution is 0.0936. The van der Waals surface area contributed by atoms with Gasteiger partial charge in [-0.3, -0.25) is 4.79 Å². The predicted octanol–water partition coefficient (Wildman–Crippen LogP) is 0.824. The molecule has 1 unspecified atom stereocenters. The van der Waals surface area contributed by atoms with E-state index in [4.69, 9.17) is 4.74 Å². The van der Waals surface area contributed by atoms with E-state index in [1.165, 1.54) is 23.9 Å². The Morgan fingerprint density at radius 1 is 1.31 bits per heavy atom. The van der Waals surface area contributed by atoms with Crippen LogP contribution in [0, 0.1) is 5.92 Å². The lowest BCUT2D eigenvalue weighted by Gasteiger charge is -2.20. The van der Waals surface area contributed by atoms with E-state index < -0.39 is 22.0 Å². The zero-order chi connectivity index (χ0) is 19.9. The first kappa shape index (κ1) is 22.0. The van der Waals surface area contributed by atoms with E-state index in [0.29, 0.717) is 12.3 Å². The lowest BCUT2D eigenvalue weighted by Crippen LogP contribution is -2.44. The molecular formula is C16H28N4O5S. The first-order valence-corrected chi connectivity index (χ1v) is 9.90. The Bertz CT molecular complexity index is 727. The average molecular weight is 388 g/mol. The van der Waals surface area contributed by atoms with Gasteiger partial charge in [-0.1, -0.05) is 13.8 Å². The van der Waals surface area contributed by atoms with Gasteiger partial charge >= 0.3 is 6.09 Å². The van der Waals surface area contributed by atoms with Crippen molar-refractivity contribution < 1.29 is 22.7 Å². The molecule has 0 saturated carbocycles. The van der Waals surface area contributed by atoms with Crippen molar-refractivity contribution in [2.24, 2.45) is 13.0 Å². The van der Waals surface area contributed by atoms with Gasteiger partial charge in [-0.2, -0.15) is 0 Å². The molecular weight excluding hydrogens is 360 g/mol. The third-order valence-electron chi connectivity index (χ3n) is 3.65. The van der Waals surface area contributed by atoms with E-state index in [1.54, 1.807) is 14.0 Å². The number of carbonyl (C=O) groups excluding carboxylic acids is 2. The molecule has 1 atom stereocenters. The molecule has 0 saturated heterocycles. The highest BCUT2D eigenvalue weighted by molar-refractivity contribution is 7.89. The van der Waals surface area contributed by atoms with Crippen LogP contribution in [0.5, 0.6) is 0 Å². The van der Waals surface area contributed by atoms with Gasteiger partial charge in [-0.05, 0) is 32.4 Å². The summed E-state index contributed by atoms with van der Waals surface area (Å²) < 4.78 is 32.2. The van der Waals surface area contributed by atoms with Crippen LogP contribution in [0.4, 0.5) is 4.79 Å². The van der Waals surface area contributed by atoms with Gasteiger partial charge in [-0.15, -0.1) is 0 Å². The van der Waals surface area contributed by atoms with Gasteiger partial charge in [-0.25, -0.2) is 17.9 Å². The summed E-state index contributed by atoms with van der Waals surface area (Å²) in [5.41, 5.74) is 0.207. The molecule has 0 aromatic carbocycles. The number of hydrogen-bond acceptors (Lipinski definition) is 5. The van der Waals surface area contributed by atoms with Crippen molar-refractivity contribution >= 4 is 22.0 Å². The molecule has 1 heterocycles. The predicted molar refractivity (Wildman–Crippen MR) is 97.4 cm³/mol. The average Bonchev–Trinajstić information content (AvgIpc) is 2.94. The minimum absolute atomic E-state index is 0.0102. The molecule has 0 spiro atoms. The van der Waals surface area contributed by atoms with Crippen LogP contribution >= 0.6 is 0 Å². The lowest BCUT2D eigenvalue weighted by atomic mass is 10.0. The summed E-state index contributed by atoms with van der Waals surface area (Å²) in [5.74, 6) is -0.120. The van der Waals surface area contributed by atoms with Crippen molar-refractivity contribution in [2.45, 2.75) is 38.1 Å². The van der Waals surface area contributed by atoms with Crippen molar-refractivity contribution in [1.82, 2.24) is 19.9 Å². The minimum Gasteiger partial charge on any atom is -0.450 e. The summed E-state index contributed by atoms with van der Waals surface area (Å²) in [6.45, 7) is 6.19. The standard InChI is InChI=1S/C16H28N4O5S/c1-6-25-16(22)19-12(7-11(2)3)9-18-15(21)14-8-13(10-20(14)5)26(23,24)17-4/h8,10-12,17H,6-7,9H2,1-5H3,(H,18,21)(H,19,22). The molecule has 2 amide bonds. The van der Waals surface area contributed by atoms with E-state index in [0.717, 1.165) is 0 Å². The minimum atomic E-state index is -3.63. The van der Waals surface area contributed by atoms with Gasteiger partial charge in [0.25, 0.3) is 5.91 Å². The molecule has 3 N–H and O–H groups in total. The van der Waals surface area contributed by atoms with Gasteiger partial charge in [0.1, 0.15) is 10.6 Å². The maximum atomic E-state index is 12.4. The number of aromatic nitrogens is 1. The van der Waals surface area contributed by atoms with Crippen LogP contribution in [0.1, 0.15) is 37.7 Å². The molecule has 26 heavy (non-hydrogen) atoms. The highest BCUT2D eigenvalue weighted by Crippen LogP contribution is 2.13. The third-order valence-corrected chi connectivity index (χ3v) is 5.04. The Balaban J connectivity index is 2.80. The van der Waals surface area contributed by atoms with Crippen LogP contribution in [0.2, 0.25) is 0 Å². The van der Waals surface area contributed by atoms with Crippen molar-refractivity contribution in [1.29, 1.82) is 0 Å². The van der Waals surface area contributed by atoms with Gasteiger partial charge in [0.2, 0.25) is 10.0 Å². The largest absolute Gasteiger partial charge is 0.450 e. The fourth-order valence-corrected chi connectivity index (χ4v) is 3.23. The normalized spacial score (nSPS) is 12.7. The Morgan fingerprint density at radius 3 is 2.50 bits per heavy atom. The number of ether oxygens (including phenoxy) is 1. The molecule has 0 fully saturated rings. The Labute approximate surface area is 154 Å². The highest BCUT2D eigenvalue weighted by Gasteiger charge is 2.21. The SMILES string of the molecule is CCOC(=O)NC(CNC(=O)c1cc(S(=O)(=O)NC)cn1C)CC(C)C. The first-order chi connectivity index (χ1) is 12.1. The summed E-state index contributed by atoms with van der Waals surface area (Å²) in [6, 6.07) is 1.01. The van der Waals surface area contributed by atoms with Crippen LogP contribution in [0.25, 0.3) is 0 Å². The van der Waals surface area contributed by atoms with Crippen LogP contribution < -0.4 is 15.4 Å². The molecule has 0 aliphatic carbocycles. The van der Waals surface area contributed by atoms with Gasteiger partial charge in [0, 0.05) is 25.8 Å². The summed E-state index contributed by atoms with van der Waals surface area (Å²) in [4.78, 5) is 24.0. The van der Waals surface area contributed by atoms with Crippen LogP contribution in [0.15, 0.2) is 17.2 Å². The molecule has 0 aliphatic rings. The van der Waals surface area contributed by atoms with Gasteiger partial charge in [0.15, 0.2) is 0 Å². The van der Waals surface area contributed by atoms with Crippen molar-refractivity contribution in [3.8, 4) is 0 Å². The highest BCUT2D eigenvalue weighted by atomic mass is 32.2. The number of hydrogen-bond donors (Lipinski definition) is 3. The number of carbonyl (C=O) groups is 2. The van der Waals surface area contributed by atoms with Crippen molar-refractivity contribution in [3.63, 3.8) is 0 Å².